The molecule has 7 heteroatoms. The van der Waals surface area contributed by atoms with E-state index in [9.17, 15) is 4.79 Å². The van der Waals surface area contributed by atoms with Gasteiger partial charge in [-0.25, -0.2) is 9.67 Å². The van der Waals surface area contributed by atoms with Crippen molar-refractivity contribution in [1.82, 2.24) is 25.0 Å². The highest BCUT2D eigenvalue weighted by Crippen LogP contribution is 2.20. The Bertz CT molecular complexity index is 742. The van der Waals surface area contributed by atoms with Crippen molar-refractivity contribution in [1.29, 1.82) is 0 Å². The van der Waals surface area contributed by atoms with E-state index in [1.807, 2.05) is 19.9 Å². The Morgan fingerprint density at radius 1 is 1.39 bits per heavy atom. The minimum Gasteiger partial charge on any atom is -0.334 e. The van der Waals surface area contributed by atoms with Gasteiger partial charge in [0.1, 0.15) is 5.69 Å². The van der Waals surface area contributed by atoms with Gasteiger partial charge in [-0.3, -0.25) is 4.79 Å². The number of carbonyl (C=O) groups excluding carboxylic acids is 1. The van der Waals surface area contributed by atoms with Crippen LogP contribution in [0.3, 0.4) is 0 Å². The molecule has 1 saturated heterocycles. The number of hydrogen-bond acceptors (Lipinski definition) is 4. The molecule has 6 nitrogen and oxygen atoms in total. The van der Waals surface area contributed by atoms with Gasteiger partial charge >= 0.3 is 0 Å². The van der Waals surface area contributed by atoms with Gasteiger partial charge in [0.2, 0.25) is 0 Å². The number of pyridine rings is 1. The van der Waals surface area contributed by atoms with Gasteiger partial charge in [0.05, 0.1) is 10.7 Å². The van der Waals surface area contributed by atoms with Crippen molar-refractivity contribution in [2.24, 2.45) is 0 Å². The first-order chi connectivity index (χ1) is 11.0. The SMILES string of the molecule is Cc1cc(C)n(-c2ccc(Cl)c(C(=O)N3CCNC(C)C3)n2)n1. The van der Waals surface area contributed by atoms with Gasteiger partial charge in [-0.1, -0.05) is 11.6 Å². The van der Waals surface area contributed by atoms with Crippen LogP contribution in [-0.2, 0) is 0 Å². The molecule has 2 aromatic rings. The summed E-state index contributed by atoms with van der Waals surface area (Å²) in [4.78, 5) is 19.0. The van der Waals surface area contributed by atoms with Crippen LogP contribution in [0.5, 0.6) is 0 Å². The first kappa shape index (κ1) is 16.0. The van der Waals surface area contributed by atoms with Crippen LogP contribution in [0, 0.1) is 13.8 Å². The van der Waals surface area contributed by atoms with Crippen molar-refractivity contribution in [3.8, 4) is 5.82 Å². The number of amides is 1. The van der Waals surface area contributed by atoms with Crippen molar-refractivity contribution < 1.29 is 4.79 Å². The molecule has 0 aliphatic carbocycles. The molecule has 0 radical (unpaired) electrons. The molecule has 1 aliphatic rings. The zero-order chi connectivity index (χ0) is 16.6. The highest BCUT2D eigenvalue weighted by molar-refractivity contribution is 6.33. The lowest BCUT2D eigenvalue weighted by atomic mass is 10.2. The lowest BCUT2D eigenvalue weighted by Gasteiger charge is -2.31. The highest BCUT2D eigenvalue weighted by atomic mass is 35.5. The summed E-state index contributed by atoms with van der Waals surface area (Å²) in [5.74, 6) is 0.471. The Morgan fingerprint density at radius 3 is 2.83 bits per heavy atom. The minimum atomic E-state index is -0.133. The van der Waals surface area contributed by atoms with Crippen molar-refractivity contribution >= 4 is 17.5 Å². The fraction of sp³-hybridized carbons (Fsp3) is 0.438. The maximum absolute atomic E-state index is 12.8. The summed E-state index contributed by atoms with van der Waals surface area (Å²) in [7, 11) is 0. The molecule has 0 spiro atoms. The molecule has 122 valence electrons. The summed E-state index contributed by atoms with van der Waals surface area (Å²) in [5, 5.41) is 8.10. The molecule has 1 amide bonds. The van der Waals surface area contributed by atoms with Crippen LogP contribution < -0.4 is 5.32 Å². The fourth-order valence-corrected chi connectivity index (χ4v) is 3.01. The van der Waals surface area contributed by atoms with E-state index in [4.69, 9.17) is 11.6 Å². The number of hydrogen-bond donors (Lipinski definition) is 1. The number of aryl methyl sites for hydroxylation is 2. The third-order valence-corrected chi connectivity index (χ3v) is 4.22. The summed E-state index contributed by atoms with van der Waals surface area (Å²) in [6.07, 6.45) is 0. The van der Waals surface area contributed by atoms with Crippen molar-refractivity contribution in [2.75, 3.05) is 19.6 Å². The smallest absolute Gasteiger partial charge is 0.274 e. The predicted octanol–water partition coefficient (Wildman–Crippen LogP) is 1.97. The van der Waals surface area contributed by atoms with E-state index in [1.165, 1.54) is 0 Å². The van der Waals surface area contributed by atoms with E-state index in [0.29, 0.717) is 23.9 Å². The summed E-state index contributed by atoms with van der Waals surface area (Å²) >= 11 is 6.22. The molecule has 1 N–H and O–H groups in total. The van der Waals surface area contributed by atoms with Crippen molar-refractivity contribution in [3.63, 3.8) is 0 Å². The van der Waals surface area contributed by atoms with Crippen LogP contribution in [-0.4, -0.2) is 51.2 Å². The molecule has 3 heterocycles. The van der Waals surface area contributed by atoms with Crippen molar-refractivity contribution in [2.45, 2.75) is 26.8 Å². The number of nitrogens with zero attached hydrogens (tertiary/aromatic N) is 4. The second-order valence-electron chi connectivity index (χ2n) is 5.95. The van der Waals surface area contributed by atoms with E-state index in [-0.39, 0.29) is 17.6 Å². The van der Waals surface area contributed by atoms with Gasteiger partial charge in [-0.05, 0) is 39.0 Å². The average Bonchev–Trinajstić information content (AvgIpc) is 2.86. The molecule has 1 fully saturated rings. The normalized spacial score (nSPS) is 18.3. The molecule has 1 atom stereocenters. The molecule has 2 aromatic heterocycles. The summed E-state index contributed by atoms with van der Waals surface area (Å²) < 4.78 is 1.73. The van der Waals surface area contributed by atoms with Gasteiger partial charge in [0.25, 0.3) is 5.91 Å². The Labute approximate surface area is 140 Å². The number of aromatic nitrogens is 3. The molecular weight excluding hydrogens is 314 g/mol. The Morgan fingerprint density at radius 2 is 2.17 bits per heavy atom. The second-order valence-corrected chi connectivity index (χ2v) is 6.35. The Kier molecular flexibility index (Phi) is 4.37. The van der Waals surface area contributed by atoms with Crippen molar-refractivity contribution in [3.05, 3.63) is 40.3 Å². The third-order valence-electron chi connectivity index (χ3n) is 3.92. The predicted molar refractivity (Wildman–Crippen MR) is 89.2 cm³/mol. The van der Waals surface area contributed by atoms with Gasteiger partial charge in [0, 0.05) is 31.4 Å². The molecule has 0 bridgehead atoms. The van der Waals surface area contributed by atoms with E-state index in [0.717, 1.165) is 17.9 Å². The zero-order valence-corrected chi connectivity index (χ0v) is 14.3. The molecular formula is C16H20ClN5O. The summed E-state index contributed by atoms with van der Waals surface area (Å²) in [6.45, 7) is 8.03. The maximum atomic E-state index is 12.8. The van der Waals surface area contributed by atoms with Crippen LogP contribution in [0.25, 0.3) is 5.82 Å². The lowest BCUT2D eigenvalue weighted by Crippen LogP contribution is -2.51. The number of nitrogens with one attached hydrogen (secondary N) is 1. The molecule has 23 heavy (non-hydrogen) atoms. The quantitative estimate of drug-likeness (QED) is 0.912. The standard InChI is InChI=1S/C16H20ClN5O/c1-10-8-12(3)22(20-10)14-5-4-13(17)15(19-14)16(23)21-7-6-18-11(2)9-21/h4-5,8,11,18H,6-7,9H2,1-3H3. The van der Waals surface area contributed by atoms with Crippen LogP contribution in [0.4, 0.5) is 0 Å². The topological polar surface area (TPSA) is 63.1 Å². The maximum Gasteiger partial charge on any atom is 0.274 e. The number of piperazine rings is 1. The largest absolute Gasteiger partial charge is 0.334 e. The number of carbonyl (C=O) groups is 1. The lowest BCUT2D eigenvalue weighted by molar-refractivity contribution is 0.0703. The first-order valence-electron chi connectivity index (χ1n) is 7.68. The first-order valence-corrected chi connectivity index (χ1v) is 8.06. The molecule has 1 aliphatic heterocycles. The summed E-state index contributed by atoms with van der Waals surface area (Å²) in [6, 6.07) is 5.72. The minimum absolute atomic E-state index is 0.133. The summed E-state index contributed by atoms with van der Waals surface area (Å²) in [5.41, 5.74) is 2.15. The van der Waals surface area contributed by atoms with Gasteiger partial charge in [-0.15, -0.1) is 0 Å². The fourth-order valence-electron chi connectivity index (χ4n) is 2.83. The van der Waals surface area contributed by atoms with Gasteiger partial charge < -0.3 is 10.2 Å². The van der Waals surface area contributed by atoms with Crippen LogP contribution in [0.15, 0.2) is 18.2 Å². The Balaban J connectivity index is 1.94. The van der Waals surface area contributed by atoms with Gasteiger partial charge in [-0.2, -0.15) is 5.10 Å². The van der Waals surface area contributed by atoms with E-state index < -0.39 is 0 Å². The molecule has 1 unspecified atom stereocenters. The van der Waals surface area contributed by atoms with E-state index in [2.05, 4.69) is 22.3 Å². The molecule has 0 saturated carbocycles. The second kappa shape index (κ2) is 6.29. The van der Waals surface area contributed by atoms with Crippen LogP contribution in [0.2, 0.25) is 5.02 Å². The third kappa shape index (κ3) is 3.23. The van der Waals surface area contributed by atoms with Crippen LogP contribution in [0.1, 0.15) is 28.8 Å². The van der Waals surface area contributed by atoms with Gasteiger partial charge in [0.15, 0.2) is 5.82 Å². The Hall–Kier alpha value is -1.92. The number of rotatable bonds is 2. The van der Waals surface area contributed by atoms with Crippen LogP contribution >= 0.6 is 11.6 Å². The molecule has 3 rings (SSSR count). The zero-order valence-electron chi connectivity index (χ0n) is 13.5. The highest BCUT2D eigenvalue weighted by Gasteiger charge is 2.25. The van der Waals surface area contributed by atoms with E-state index >= 15 is 0 Å². The average molecular weight is 334 g/mol. The monoisotopic (exact) mass is 333 g/mol. The molecule has 0 aromatic carbocycles. The number of halogens is 1. The van der Waals surface area contributed by atoms with E-state index in [1.54, 1.807) is 21.7 Å².